The van der Waals surface area contributed by atoms with Gasteiger partial charge in [-0.1, -0.05) is 45.0 Å². The molecule has 3 rings (SSSR count). The minimum atomic E-state index is -0.0208. The van der Waals surface area contributed by atoms with Crippen LogP contribution in [-0.2, 0) is 10.2 Å². The zero-order chi connectivity index (χ0) is 17.9. The Labute approximate surface area is 148 Å². The van der Waals surface area contributed by atoms with E-state index in [9.17, 15) is 4.79 Å². The van der Waals surface area contributed by atoms with E-state index in [0.717, 1.165) is 12.2 Å². The quantitative estimate of drug-likeness (QED) is 0.646. The van der Waals surface area contributed by atoms with Crippen LogP contribution in [0.15, 0.2) is 58.3 Å². The summed E-state index contributed by atoms with van der Waals surface area (Å²) >= 11 is 0. The first-order chi connectivity index (χ1) is 11.9. The largest absolute Gasteiger partial charge is 0.465 e. The van der Waals surface area contributed by atoms with Crippen LogP contribution in [0.2, 0.25) is 0 Å². The molecule has 4 nitrogen and oxygen atoms in total. The van der Waals surface area contributed by atoms with Crippen molar-refractivity contribution in [1.29, 1.82) is 0 Å². The summed E-state index contributed by atoms with van der Waals surface area (Å²) in [5.41, 5.74) is 5.30. The van der Waals surface area contributed by atoms with Crippen molar-refractivity contribution < 1.29 is 9.21 Å². The number of hydrogen-bond donors (Lipinski definition) is 1. The maximum absolute atomic E-state index is 12.1. The van der Waals surface area contributed by atoms with Gasteiger partial charge in [-0.15, -0.1) is 0 Å². The number of furan rings is 1. The van der Waals surface area contributed by atoms with Gasteiger partial charge in [0.1, 0.15) is 5.76 Å². The molecular formula is C21H24N2O2. The molecule has 1 fully saturated rings. The maximum Gasteiger partial charge on any atom is 0.243 e. The first-order valence-electron chi connectivity index (χ1n) is 8.58. The van der Waals surface area contributed by atoms with E-state index in [2.05, 4.69) is 55.6 Å². The van der Waals surface area contributed by atoms with Gasteiger partial charge in [-0.05, 0) is 53.2 Å². The van der Waals surface area contributed by atoms with Crippen LogP contribution in [0.25, 0.3) is 6.08 Å². The molecule has 0 bridgehead atoms. The smallest absolute Gasteiger partial charge is 0.243 e. The third kappa shape index (κ3) is 4.47. The number of allylic oxidation sites excluding steroid dienone is 1. The van der Waals surface area contributed by atoms with Gasteiger partial charge in [-0.25, -0.2) is 5.43 Å². The van der Waals surface area contributed by atoms with Crippen molar-refractivity contribution in [3.05, 3.63) is 65.6 Å². The Morgan fingerprint density at radius 3 is 2.64 bits per heavy atom. The Kier molecular flexibility index (Phi) is 4.88. The molecule has 0 aliphatic heterocycles. The number of carbonyl (C=O) groups excluding carboxylic acids is 1. The molecule has 25 heavy (non-hydrogen) atoms. The minimum Gasteiger partial charge on any atom is -0.465 e. The molecule has 1 aromatic heterocycles. The molecule has 1 N–H and O–H groups in total. The number of hydrazone groups is 1. The standard InChI is InChI=1S/C21H24N2O2/c1-21(2,3)16-10-8-15(9-11-16)18-14-19(18)20(24)23-22-12-4-6-17-7-5-13-25-17/h4-13,18-19H,14H2,1-3H3,(H,23,24)/b6-4+,22-12-. The minimum absolute atomic E-state index is 0.0201. The highest BCUT2D eigenvalue weighted by molar-refractivity contribution is 5.84. The molecular weight excluding hydrogens is 312 g/mol. The van der Waals surface area contributed by atoms with Crippen molar-refractivity contribution >= 4 is 18.2 Å². The van der Waals surface area contributed by atoms with Crippen LogP contribution in [0.5, 0.6) is 0 Å². The Bertz CT molecular complexity index is 765. The molecule has 1 aliphatic rings. The SMILES string of the molecule is CC(C)(C)c1ccc(C2CC2C(=O)N/N=C\C=C\c2ccco2)cc1. The number of nitrogens with zero attached hydrogens (tertiary/aromatic N) is 1. The molecule has 4 heteroatoms. The highest BCUT2D eigenvalue weighted by Crippen LogP contribution is 2.47. The van der Waals surface area contributed by atoms with E-state index in [1.165, 1.54) is 11.1 Å². The van der Waals surface area contributed by atoms with Gasteiger partial charge in [-0.2, -0.15) is 5.10 Å². The summed E-state index contributed by atoms with van der Waals surface area (Å²) in [5.74, 6) is 1.06. The predicted molar refractivity (Wildman–Crippen MR) is 100 cm³/mol. The van der Waals surface area contributed by atoms with Crippen LogP contribution in [0.4, 0.5) is 0 Å². The van der Waals surface area contributed by atoms with Crippen molar-refractivity contribution in [3.63, 3.8) is 0 Å². The van der Waals surface area contributed by atoms with Crippen LogP contribution in [0.1, 0.15) is 50.0 Å². The van der Waals surface area contributed by atoms with Crippen LogP contribution >= 0.6 is 0 Å². The second-order valence-corrected chi connectivity index (χ2v) is 7.45. The van der Waals surface area contributed by atoms with Crippen LogP contribution in [-0.4, -0.2) is 12.1 Å². The fourth-order valence-corrected chi connectivity index (χ4v) is 2.83. The average molecular weight is 336 g/mol. The third-order valence-electron chi connectivity index (χ3n) is 4.47. The normalized spacial score (nSPS) is 20.3. The van der Waals surface area contributed by atoms with Crippen LogP contribution in [0, 0.1) is 5.92 Å². The highest BCUT2D eigenvalue weighted by atomic mass is 16.3. The first-order valence-corrected chi connectivity index (χ1v) is 8.58. The molecule has 1 saturated carbocycles. The number of hydrogen-bond acceptors (Lipinski definition) is 3. The number of carbonyl (C=O) groups is 1. The average Bonchev–Trinajstić information content (AvgIpc) is 3.22. The van der Waals surface area contributed by atoms with E-state index in [1.807, 2.05) is 12.1 Å². The van der Waals surface area contributed by atoms with Gasteiger partial charge in [0, 0.05) is 12.1 Å². The molecule has 1 amide bonds. The molecule has 0 saturated heterocycles. The van der Waals surface area contributed by atoms with Gasteiger partial charge in [-0.3, -0.25) is 4.79 Å². The molecule has 0 spiro atoms. The van der Waals surface area contributed by atoms with Crippen molar-refractivity contribution in [1.82, 2.24) is 5.43 Å². The number of rotatable bonds is 5. The monoisotopic (exact) mass is 336 g/mol. The zero-order valence-electron chi connectivity index (χ0n) is 14.9. The molecule has 1 aromatic carbocycles. The lowest BCUT2D eigenvalue weighted by atomic mass is 9.86. The fraction of sp³-hybridized carbons (Fsp3) is 0.333. The summed E-state index contributed by atoms with van der Waals surface area (Å²) in [6, 6.07) is 12.3. The molecule has 0 radical (unpaired) electrons. The Morgan fingerprint density at radius 1 is 1.24 bits per heavy atom. The molecule has 1 aliphatic carbocycles. The lowest BCUT2D eigenvalue weighted by Gasteiger charge is -2.19. The van der Waals surface area contributed by atoms with E-state index in [1.54, 1.807) is 24.6 Å². The van der Waals surface area contributed by atoms with Gasteiger partial charge in [0.05, 0.1) is 6.26 Å². The Balaban J connectivity index is 1.48. The van der Waals surface area contributed by atoms with Crippen LogP contribution in [0.3, 0.4) is 0 Å². The summed E-state index contributed by atoms with van der Waals surface area (Å²) in [6.45, 7) is 6.61. The summed E-state index contributed by atoms with van der Waals surface area (Å²) in [7, 11) is 0. The summed E-state index contributed by atoms with van der Waals surface area (Å²) in [6.07, 6.45) is 7.56. The first kappa shape index (κ1) is 17.2. The fourth-order valence-electron chi connectivity index (χ4n) is 2.83. The lowest BCUT2D eigenvalue weighted by Crippen LogP contribution is -2.19. The van der Waals surface area contributed by atoms with E-state index < -0.39 is 0 Å². The Morgan fingerprint density at radius 2 is 2.00 bits per heavy atom. The molecule has 130 valence electrons. The molecule has 2 aromatic rings. The molecule has 2 atom stereocenters. The highest BCUT2D eigenvalue weighted by Gasteiger charge is 2.43. The number of amides is 1. The van der Waals surface area contributed by atoms with Crippen molar-refractivity contribution in [3.8, 4) is 0 Å². The van der Waals surface area contributed by atoms with Gasteiger partial charge < -0.3 is 4.42 Å². The third-order valence-corrected chi connectivity index (χ3v) is 4.47. The number of nitrogens with one attached hydrogen (secondary N) is 1. The summed E-state index contributed by atoms with van der Waals surface area (Å²) in [5, 5.41) is 3.95. The van der Waals surface area contributed by atoms with E-state index >= 15 is 0 Å². The van der Waals surface area contributed by atoms with Gasteiger partial charge in [0.2, 0.25) is 5.91 Å². The van der Waals surface area contributed by atoms with E-state index in [4.69, 9.17) is 4.42 Å². The molecule has 2 unspecified atom stereocenters. The van der Waals surface area contributed by atoms with Gasteiger partial charge in [0.15, 0.2) is 0 Å². The van der Waals surface area contributed by atoms with Crippen LogP contribution < -0.4 is 5.43 Å². The number of benzene rings is 1. The second-order valence-electron chi connectivity index (χ2n) is 7.45. The van der Waals surface area contributed by atoms with Crippen molar-refractivity contribution in [2.45, 2.75) is 38.5 Å². The summed E-state index contributed by atoms with van der Waals surface area (Å²) < 4.78 is 5.17. The van der Waals surface area contributed by atoms with Crippen molar-refractivity contribution in [2.24, 2.45) is 11.0 Å². The predicted octanol–water partition coefficient (Wildman–Crippen LogP) is 4.50. The van der Waals surface area contributed by atoms with Gasteiger partial charge >= 0.3 is 0 Å². The Hall–Kier alpha value is -2.62. The summed E-state index contributed by atoms with van der Waals surface area (Å²) in [4.78, 5) is 12.1. The molecule has 1 heterocycles. The van der Waals surface area contributed by atoms with Gasteiger partial charge in [0.25, 0.3) is 0 Å². The second kappa shape index (κ2) is 7.09. The van der Waals surface area contributed by atoms with Crippen molar-refractivity contribution in [2.75, 3.05) is 0 Å². The topological polar surface area (TPSA) is 54.6 Å². The maximum atomic E-state index is 12.1. The lowest BCUT2D eigenvalue weighted by molar-refractivity contribution is -0.122. The van der Waals surface area contributed by atoms with E-state index in [-0.39, 0.29) is 17.2 Å². The zero-order valence-corrected chi connectivity index (χ0v) is 14.9. The van der Waals surface area contributed by atoms with E-state index in [0.29, 0.717) is 5.92 Å².